The Balaban J connectivity index is 1.18. The van der Waals surface area contributed by atoms with E-state index in [0.717, 1.165) is 61.5 Å². The van der Waals surface area contributed by atoms with E-state index in [4.69, 9.17) is 9.26 Å². The number of ether oxygens (including phenoxy) is 1. The van der Waals surface area contributed by atoms with Crippen molar-refractivity contribution in [3.05, 3.63) is 64.3 Å². The molecule has 0 radical (unpaired) electrons. The predicted octanol–water partition coefficient (Wildman–Crippen LogP) is 2.28. The van der Waals surface area contributed by atoms with Gasteiger partial charge in [0.25, 0.3) is 5.56 Å². The third-order valence-electron chi connectivity index (χ3n) is 6.06. The quantitative estimate of drug-likeness (QED) is 0.641. The van der Waals surface area contributed by atoms with Gasteiger partial charge in [-0.15, -0.1) is 0 Å². The highest BCUT2D eigenvalue weighted by Gasteiger charge is 2.24. The molecule has 0 saturated carbocycles. The molecule has 8 heteroatoms. The number of aromatic nitrogens is 4. The van der Waals surface area contributed by atoms with Crippen LogP contribution < -0.4 is 5.56 Å². The van der Waals surface area contributed by atoms with Gasteiger partial charge in [0.15, 0.2) is 0 Å². The maximum absolute atomic E-state index is 12.6. The Bertz CT molecular complexity index is 1050. The van der Waals surface area contributed by atoms with E-state index >= 15 is 0 Å². The molecule has 3 aromatic heterocycles. The molecule has 1 fully saturated rings. The van der Waals surface area contributed by atoms with E-state index in [2.05, 4.69) is 20.0 Å². The Morgan fingerprint density at radius 1 is 1.17 bits per heavy atom. The van der Waals surface area contributed by atoms with Crippen LogP contribution in [-0.4, -0.2) is 44.3 Å². The Kier molecular flexibility index (Phi) is 5.42. The van der Waals surface area contributed by atoms with E-state index in [1.807, 2.05) is 12.1 Å². The Hall–Kier alpha value is -2.84. The van der Waals surface area contributed by atoms with Crippen LogP contribution in [0.25, 0.3) is 11.3 Å². The lowest BCUT2D eigenvalue weighted by molar-refractivity contribution is 0.102. The van der Waals surface area contributed by atoms with Gasteiger partial charge in [-0.1, -0.05) is 5.16 Å². The van der Waals surface area contributed by atoms with Crippen LogP contribution in [0.3, 0.4) is 0 Å². The summed E-state index contributed by atoms with van der Waals surface area (Å²) in [5.74, 6) is 1.45. The number of rotatable bonds is 5. The van der Waals surface area contributed by atoms with Gasteiger partial charge in [-0.25, -0.2) is 4.98 Å². The molecule has 0 bridgehead atoms. The van der Waals surface area contributed by atoms with Gasteiger partial charge in [0, 0.05) is 49.1 Å². The maximum Gasteiger partial charge on any atom is 0.253 e. The molecule has 0 atom stereocenters. The number of hydrogen-bond acceptors (Lipinski definition) is 7. The van der Waals surface area contributed by atoms with Gasteiger partial charge in [0.05, 0.1) is 25.2 Å². The first kappa shape index (κ1) is 19.1. The average Bonchev–Trinajstić information content (AvgIpc) is 3.20. The summed E-state index contributed by atoms with van der Waals surface area (Å²) in [6.07, 6.45) is 8.00. The first-order chi connectivity index (χ1) is 14.8. The van der Waals surface area contributed by atoms with Crippen LogP contribution in [0.4, 0.5) is 0 Å². The van der Waals surface area contributed by atoms with Gasteiger partial charge in [0.1, 0.15) is 11.5 Å². The summed E-state index contributed by atoms with van der Waals surface area (Å²) in [6, 6.07) is 5.33. The number of hydrogen-bond donors (Lipinski definition) is 0. The fourth-order valence-electron chi connectivity index (χ4n) is 4.27. The smallest absolute Gasteiger partial charge is 0.253 e. The number of fused-ring (bicyclic) bond motifs is 1. The molecule has 0 spiro atoms. The summed E-state index contributed by atoms with van der Waals surface area (Å²) >= 11 is 0. The molecule has 1 saturated heterocycles. The normalized spacial score (nSPS) is 17.7. The topological polar surface area (TPSA) is 86.3 Å². The van der Waals surface area contributed by atoms with Crippen molar-refractivity contribution in [2.45, 2.75) is 39.0 Å². The second-order valence-corrected chi connectivity index (χ2v) is 8.05. The summed E-state index contributed by atoms with van der Waals surface area (Å²) < 4.78 is 12.8. The molecule has 8 nitrogen and oxygen atoms in total. The Labute approximate surface area is 174 Å². The van der Waals surface area contributed by atoms with Crippen LogP contribution in [0.2, 0.25) is 0 Å². The van der Waals surface area contributed by atoms with Crippen LogP contribution in [-0.2, 0) is 30.9 Å². The first-order valence-corrected chi connectivity index (χ1v) is 10.5. The molecule has 5 heterocycles. The zero-order valence-electron chi connectivity index (χ0n) is 16.9. The average molecular weight is 407 g/mol. The van der Waals surface area contributed by atoms with Crippen molar-refractivity contribution in [3.63, 3.8) is 0 Å². The van der Waals surface area contributed by atoms with Gasteiger partial charge in [-0.2, -0.15) is 0 Å². The molecule has 0 amide bonds. The molecule has 5 rings (SSSR count). The minimum Gasteiger partial charge on any atom is -0.376 e. The number of likely N-dealkylation sites (tertiary alicyclic amines) is 1. The van der Waals surface area contributed by atoms with Crippen molar-refractivity contribution in [3.8, 4) is 11.3 Å². The molecular formula is C22H25N5O3. The summed E-state index contributed by atoms with van der Waals surface area (Å²) in [6.45, 7) is 4.82. The van der Waals surface area contributed by atoms with Crippen LogP contribution in [0.15, 0.2) is 46.2 Å². The molecule has 2 aliphatic heterocycles. The maximum atomic E-state index is 12.6. The van der Waals surface area contributed by atoms with E-state index in [-0.39, 0.29) is 5.56 Å². The third-order valence-corrected chi connectivity index (χ3v) is 6.06. The molecule has 3 aromatic rings. The number of piperidine rings is 1. The Morgan fingerprint density at radius 3 is 2.80 bits per heavy atom. The molecule has 0 aliphatic carbocycles. The molecule has 156 valence electrons. The molecule has 0 N–H and O–H groups in total. The van der Waals surface area contributed by atoms with Gasteiger partial charge >= 0.3 is 0 Å². The van der Waals surface area contributed by atoms with Crippen molar-refractivity contribution >= 4 is 0 Å². The highest BCUT2D eigenvalue weighted by Crippen LogP contribution is 2.25. The largest absolute Gasteiger partial charge is 0.376 e. The molecule has 0 aromatic carbocycles. The van der Waals surface area contributed by atoms with E-state index in [1.54, 1.807) is 29.4 Å². The van der Waals surface area contributed by atoms with E-state index in [0.29, 0.717) is 31.4 Å². The predicted molar refractivity (Wildman–Crippen MR) is 110 cm³/mol. The lowest BCUT2D eigenvalue weighted by Crippen LogP contribution is -2.36. The minimum atomic E-state index is -0.00605. The lowest BCUT2D eigenvalue weighted by Gasteiger charge is -2.31. The van der Waals surface area contributed by atoms with Gasteiger partial charge in [-0.05, 0) is 44.0 Å². The van der Waals surface area contributed by atoms with Crippen molar-refractivity contribution in [2.24, 2.45) is 5.92 Å². The summed E-state index contributed by atoms with van der Waals surface area (Å²) in [4.78, 5) is 23.5. The fourth-order valence-corrected chi connectivity index (χ4v) is 4.27. The zero-order chi connectivity index (χ0) is 20.3. The second-order valence-electron chi connectivity index (χ2n) is 8.05. The molecule has 2 aliphatic rings. The van der Waals surface area contributed by atoms with Crippen molar-refractivity contribution in [1.29, 1.82) is 0 Å². The van der Waals surface area contributed by atoms with Crippen LogP contribution in [0.5, 0.6) is 0 Å². The van der Waals surface area contributed by atoms with Crippen molar-refractivity contribution in [2.75, 3.05) is 19.7 Å². The second kappa shape index (κ2) is 8.49. The lowest BCUT2D eigenvalue weighted by atomic mass is 9.96. The molecule has 30 heavy (non-hydrogen) atoms. The summed E-state index contributed by atoms with van der Waals surface area (Å²) in [5.41, 5.74) is 3.73. The highest BCUT2D eigenvalue weighted by molar-refractivity contribution is 5.57. The van der Waals surface area contributed by atoms with E-state index in [9.17, 15) is 4.79 Å². The van der Waals surface area contributed by atoms with Crippen LogP contribution in [0, 0.1) is 5.92 Å². The number of nitrogens with zero attached hydrogens (tertiary/aromatic N) is 5. The highest BCUT2D eigenvalue weighted by atomic mass is 16.5. The summed E-state index contributed by atoms with van der Waals surface area (Å²) in [5, 5.41) is 4.27. The molecule has 0 unspecified atom stereocenters. The van der Waals surface area contributed by atoms with E-state index in [1.165, 1.54) is 0 Å². The van der Waals surface area contributed by atoms with Gasteiger partial charge in [0.2, 0.25) is 0 Å². The standard InChI is InChI=1S/C22H25N5O3/c28-22-11-19(17-1-6-23-7-2-17)24-15-27(22)12-16-3-8-26(9-4-16)13-20-18-14-29-10-5-21(18)30-25-20/h1-2,6-7,11,15-16H,3-5,8-10,12-14H2. The van der Waals surface area contributed by atoms with Crippen LogP contribution in [0.1, 0.15) is 29.9 Å². The summed E-state index contributed by atoms with van der Waals surface area (Å²) in [7, 11) is 0. The zero-order valence-corrected chi connectivity index (χ0v) is 16.9. The minimum absolute atomic E-state index is 0.00605. The number of pyridine rings is 1. The van der Waals surface area contributed by atoms with E-state index < -0.39 is 0 Å². The van der Waals surface area contributed by atoms with Crippen molar-refractivity contribution < 1.29 is 9.26 Å². The SMILES string of the molecule is O=c1cc(-c2ccncc2)ncn1CC1CCN(Cc2noc3c2COCC3)CC1. The molecular weight excluding hydrogens is 382 g/mol. The van der Waals surface area contributed by atoms with Crippen LogP contribution >= 0.6 is 0 Å². The Morgan fingerprint density at radius 2 is 2.00 bits per heavy atom. The monoisotopic (exact) mass is 407 g/mol. The first-order valence-electron chi connectivity index (χ1n) is 10.5. The third kappa shape index (κ3) is 4.06. The van der Waals surface area contributed by atoms with Crippen molar-refractivity contribution in [1.82, 2.24) is 24.6 Å². The van der Waals surface area contributed by atoms with Gasteiger partial charge in [-0.3, -0.25) is 19.2 Å². The fraction of sp³-hybridized carbons (Fsp3) is 0.455. The van der Waals surface area contributed by atoms with Gasteiger partial charge < -0.3 is 9.26 Å².